The van der Waals surface area contributed by atoms with Gasteiger partial charge in [0.2, 0.25) is 0 Å². The van der Waals surface area contributed by atoms with E-state index in [4.69, 9.17) is 15.1 Å². The average molecular weight is 241 g/mol. The summed E-state index contributed by atoms with van der Waals surface area (Å²) in [5, 5.41) is 17.0. The van der Waals surface area contributed by atoms with Crippen LogP contribution in [0.15, 0.2) is 0 Å². The molecule has 5 nitrogen and oxygen atoms in total. The van der Waals surface area contributed by atoms with E-state index >= 15 is 0 Å². The van der Waals surface area contributed by atoms with Gasteiger partial charge in [0.25, 0.3) is 0 Å². The fourth-order valence-corrected chi connectivity index (χ4v) is 1.37. The second kappa shape index (κ2) is 9.64. The first kappa shape index (κ1) is 15.4. The van der Waals surface area contributed by atoms with Gasteiger partial charge in [-0.2, -0.15) is 5.26 Å². The van der Waals surface area contributed by atoms with Crippen LogP contribution in [0, 0.1) is 11.3 Å². The van der Waals surface area contributed by atoms with Crippen molar-refractivity contribution in [3.8, 4) is 6.07 Å². The molecule has 0 aliphatic rings. The topological polar surface area (TPSA) is 87.4 Å². The molecule has 0 aromatic carbocycles. The number of hydrogen-bond acceptors (Lipinski definition) is 4. The van der Waals surface area contributed by atoms with Crippen LogP contribution >= 0.6 is 0 Å². The number of nitrogens with zero attached hydrogens (tertiary/aromatic N) is 1. The molecule has 17 heavy (non-hydrogen) atoms. The molecular formula is C12H19NO4. The molecule has 0 amide bonds. The first-order chi connectivity index (χ1) is 8.10. The van der Waals surface area contributed by atoms with Crippen LogP contribution in [-0.4, -0.2) is 23.1 Å². The zero-order valence-corrected chi connectivity index (χ0v) is 10.1. The van der Waals surface area contributed by atoms with Gasteiger partial charge in [-0.05, 0) is 12.8 Å². The molecule has 0 saturated carbocycles. The molecule has 0 aromatic heterocycles. The van der Waals surface area contributed by atoms with Gasteiger partial charge in [0, 0.05) is 12.8 Å². The summed E-state index contributed by atoms with van der Waals surface area (Å²) in [7, 11) is 0. The lowest BCUT2D eigenvalue weighted by atomic mass is 10.1. The van der Waals surface area contributed by atoms with E-state index in [-0.39, 0.29) is 31.8 Å². The van der Waals surface area contributed by atoms with Crippen molar-refractivity contribution in [2.45, 2.75) is 58.0 Å². The van der Waals surface area contributed by atoms with Gasteiger partial charge in [-0.3, -0.25) is 9.59 Å². The van der Waals surface area contributed by atoms with Gasteiger partial charge in [-0.25, -0.2) is 0 Å². The van der Waals surface area contributed by atoms with E-state index in [1.165, 1.54) is 0 Å². The summed E-state index contributed by atoms with van der Waals surface area (Å²) in [5.41, 5.74) is 0. The summed E-state index contributed by atoms with van der Waals surface area (Å²) in [6.07, 6.45) is 2.78. The van der Waals surface area contributed by atoms with Gasteiger partial charge in [0.1, 0.15) is 6.10 Å². The number of hydrogen-bond donors (Lipinski definition) is 1. The van der Waals surface area contributed by atoms with Crippen molar-refractivity contribution in [3.63, 3.8) is 0 Å². The number of ether oxygens (including phenoxy) is 1. The fraction of sp³-hybridized carbons (Fsp3) is 0.750. The fourth-order valence-electron chi connectivity index (χ4n) is 1.37. The Bertz CT molecular complexity index is 283. The van der Waals surface area contributed by atoms with Crippen LogP contribution in [0.4, 0.5) is 0 Å². The van der Waals surface area contributed by atoms with Gasteiger partial charge in [0.05, 0.1) is 12.5 Å². The smallest absolute Gasteiger partial charge is 0.306 e. The molecule has 5 heteroatoms. The van der Waals surface area contributed by atoms with Crippen molar-refractivity contribution in [3.05, 3.63) is 0 Å². The Morgan fingerprint density at radius 1 is 1.35 bits per heavy atom. The Balaban J connectivity index is 3.86. The molecule has 0 radical (unpaired) electrons. The number of carbonyl (C=O) groups is 2. The zero-order valence-electron chi connectivity index (χ0n) is 10.1. The summed E-state index contributed by atoms with van der Waals surface area (Å²) >= 11 is 0. The minimum Gasteiger partial charge on any atom is -0.481 e. The highest BCUT2D eigenvalue weighted by Gasteiger charge is 2.13. The molecule has 0 saturated heterocycles. The second-order valence-electron chi connectivity index (χ2n) is 3.86. The highest BCUT2D eigenvalue weighted by molar-refractivity contribution is 5.71. The molecule has 1 N–H and O–H groups in total. The minimum atomic E-state index is -0.919. The van der Waals surface area contributed by atoms with Crippen LogP contribution < -0.4 is 0 Å². The standard InChI is InChI=1S/C12H19NO4/c1-2-3-5-10(8-9-13)17-12(16)7-4-6-11(14)15/h10H,2-8H2,1H3,(H,14,15). The molecule has 0 fully saturated rings. The lowest BCUT2D eigenvalue weighted by molar-refractivity contribution is -0.149. The van der Waals surface area contributed by atoms with E-state index in [9.17, 15) is 9.59 Å². The number of carbonyl (C=O) groups excluding carboxylic acids is 1. The van der Waals surface area contributed by atoms with Crippen LogP contribution in [0.3, 0.4) is 0 Å². The number of carboxylic acid groups (broad SMARTS) is 1. The molecular weight excluding hydrogens is 222 g/mol. The first-order valence-electron chi connectivity index (χ1n) is 5.88. The Morgan fingerprint density at radius 2 is 2.06 bits per heavy atom. The van der Waals surface area contributed by atoms with Crippen LogP contribution in [0.1, 0.15) is 51.9 Å². The lowest BCUT2D eigenvalue weighted by Gasteiger charge is -2.14. The monoisotopic (exact) mass is 241 g/mol. The Hall–Kier alpha value is -1.57. The molecule has 0 aliphatic heterocycles. The van der Waals surface area contributed by atoms with Crippen LogP contribution in [-0.2, 0) is 14.3 Å². The predicted octanol–water partition coefficient (Wildman–Crippen LogP) is 2.26. The van der Waals surface area contributed by atoms with Gasteiger partial charge in [0.15, 0.2) is 0 Å². The molecule has 1 atom stereocenters. The molecule has 0 aliphatic carbocycles. The molecule has 0 aromatic rings. The zero-order chi connectivity index (χ0) is 13.1. The summed E-state index contributed by atoms with van der Waals surface area (Å²) in [6, 6.07) is 1.99. The van der Waals surface area contributed by atoms with Crippen LogP contribution in [0.25, 0.3) is 0 Å². The molecule has 0 spiro atoms. The summed E-state index contributed by atoms with van der Waals surface area (Å²) in [6.45, 7) is 2.03. The first-order valence-corrected chi connectivity index (χ1v) is 5.88. The van der Waals surface area contributed by atoms with Crippen molar-refractivity contribution >= 4 is 11.9 Å². The normalized spacial score (nSPS) is 11.5. The SMILES string of the molecule is CCCCC(CC#N)OC(=O)CCCC(=O)O. The third kappa shape index (κ3) is 9.36. The van der Waals surface area contributed by atoms with Gasteiger partial charge in [-0.15, -0.1) is 0 Å². The highest BCUT2D eigenvalue weighted by atomic mass is 16.5. The molecule has 0 heterocycles. The van der Waals surface area contributed by atoms with E-state index < -0.39 is 11.9 Å². The van der Waals surface area contributed by atoms with E-state index in [1.807, 2.05) is 13.0 Å². The van der Waals surface area contributed by atoms with Crippen molar-refractivity contribution in [2.24, 2.45) is 0 Å². The number of rotatable bonds is 9. The molecule has 0 bridgehead atoms. The van der Waals surface area contributed by atoms with Crippen molar-refractivity contribution in [2.75, 3.05) is 0 Å². The minimum absolute atomic E-state index is 0.0347. The lowest BCUT2D eigenvalue weighted by Crippen LogP contribution is -2.18. The molecule has 0 rings (SSSR count). The van der Waals surface area contributed by atoms with Crippen LogP contribution in [0.2, 0.25) is 0 Å². The van der Waals surface area contributed by atoms with Crippen molar-refractivity contribution in [1.29, 1.82) is 5.26 Å². The van der Waals surface area contributed by atoms with Crippen molar-refractivity contribution < 1.29 is 19.4 Å². The third-order valence-corrected chi connectivity index (χ3v) is 2.27. The maximum atomic E-state index is 11.3. The van der Waals surface area contributed by atoms with E-state index in [1.54, 1.807) is 0 Å². The summed E-state index contributed by atoms with van der Waals surface area (Å²) in [4.78, 5) is 21.6. The number of carboxylic acids is 1. The van der Waals surface area contributed by atoms with E-state index in [2.05, 4.69) is 0 Å². The maximum Gasteiger partial charge on any atom is 0.306 e. The van der Waals surface area contributed by atoms with Crippen molar-refractivity contribution in [1.82, 2.24) is 0 Å². The van der Waals surface area contributed by atoms with E-state index in [0.717, 1.165) is 12.8 Å². The maximum absolute atomic E-state index is 11.3. The number of esters is 1. The largest absolute Gasteiger partial charge is 0.481 e. The molecule has 1 unspecified atom stereocenters. The van der Waals surface area contributed by atoms with Gasteiger partial charge < -0.3 is 9.84 Å². The number of unbranched alkanes of at least 4 members (excludes halogenated alkanes) is 1. The third-order valence-electron chi connectivity index (χ3n) is 2.27. The second-order valence-corrected chi connectivity index (χ2v) is 3.86. The Kier molecular flexibility index (Phi) is 8.75. The number of aliphatic carboxylic acids is 1. The quantitative estimate of drug-likeness (QED) is 0.625. The molecule has 96 valence electrons. The average Bonchev–Trinajstić information content (AvgIpc) is 2.25. The highest BCUT2D eigenvalue weighted by Crippen LogP contribution is 2.10. The predicted molar refractivity (Wildman–Crippen MR) is 61.1 cm³/mol. The van der Waals surface area contributed by atoms with Gasteiger partial charge in [-0.1, -0.05) is 19.8 Å². The summed E-state index contributed by atoms with van der Waals surface area (Å²) < 4.78 is 5.12. The van der Waals surface area contributed by atoms with E-state index in [0.29, 0.717) is 6.42 Å². The Morgan fingerprint density at radius 3 is 2.59 bits per heavy atom. The number of nitriles is 1. The Labute approximate surface area is 101 Å². The van der Waals surface area contributed by atoms with Gasteiger partial charge >= 0.3 is 11.9 Å². The van der Waals surface area contributed by atoms with Crippen LogP contribution in [0.5, 0.6) is 0 Å². The summed E-state index contributed by atoms with van der Waals surface area (Å²) in [5.74, 6) is -1.33.